The van der Waals surface area contributed by atoms with Crippen LogP contribution in [0.4, 0.5) is 0 Å². The van der Waals surface area contributed by atoms with E-state index in [0.717, 1.165) is 51.7 Å². The number of nitrogens with two attached hydrogens (primary N) is 1. The van der Waals surface area contributed by atoms with Crippen LogP contribution in [0.15, 0.2) is 0 Å². The molecule has 2 heterocycles. The van der Waals surface area contributed by atoms with Crippen LogP contribution in [0.5, 0.6) is 0 Å². The maximum atomic E-state index is 12.4. The van der Waals surface area contributed by atoms with E-state index in [1.165, 1.54) is 6.42 Å². The molecular formula is C14H27N3O2. The number of hydrogen-bond acceptors (Lipinski definition) is 4. The largest absolute Gasteiger partial charge is 0.394 e. The number of carbonyl (C=O) groups is 1. The Morgan fingerprint density at radius 2 is 1.84 bits per heavy atom. The van der Waals surface area contributed by atoms with Gasteiger partial charge in [-0.3, -0.25) is 9.69 Å². The summed E-state index contributed by atoms with van der Waals surface area (Å²) in [7, 11) is 0. The van der Waals surface area contributed by atoms with Crippen molar-refractivity contribution in [1.82, 2.24) is 9.80 Å². The summed E-state index contributed by atoms with van der Waals surface area (Å²) < 4.78 is 0. The third-order valence-electron chi connectivity index (χ3n) is 4.40. The van der Waals surface area contributed by atoms with Crippen molar-refractivity contribution in [1.29, 1.82) is 0 Å². The van der Waals surface area contributed by atoms with Gasteiger partial charge >= 0.3 is 0 Å². The van der Waals surface area contributed by atoms with Crippen LogP contribution in [0.3, 0.4) is 0 Å². The van der Waals surface area contributed by atoms with E-state index >= 15 is 0 Å². The zero-order valence-electron chi connectivity index (χ0n) is 11.8. The summed E-state index contributed by atoms with van der Waals surface area (Å²) in [5.41, 5.74) is 5.88. The molecule has 0 spiro atoms. The normalized spacial score (nSPS) is 27.3. The van der Waals surface area contributed by atoms with Crippen molar-refractivity contribution in [3.8, 4) is 0 Å². The van der Waals surface area contributed by atoms with Crippen molar-refractivity contribution in [2.75, 3.05) is 32.8 Å². The highest BCUT2D eigenvalue weighted by molar-refractivity contribution is 5.78. The second-order valence-corrected chi connectivity index (χ2v) is 5.89. The van der Waals surface area contributed by atoms with E-state index in [4.69, 9.17) is 5.73 Å². The Morgan fingerprint density at radius 1 is 1.11 bits per heavy atom. The lowest BCUT2D eigenvalue weighted by Gasteiger charge is -2.34. The highest BCUT2D eigenvalue weighted by Gasteiger charge is 2.27. The lowest BCUT2D eigenvalue weighted by molar-refractivity contribution is -0.135. The molecule has 0 aromatic heterocycles. The van der Waals surface area contributed by atoms with Crippen LogP contribution < -0.4 is 5.73 Å². The molecule has 0 bridgehead atoms. The van der Waals surface area contributed by atoms with Gasteiger partial charge in [0.2, 0.25) is 5.91 Å². The molecule has 2 fully saturated rings. The molecule has 19 heavy (non-hydrogen) atoms. The Labute approximate surface area is 115 Å². The average Bonchev–Trinajstić information content (AvgIpc) is 2.66. The lowest BCUT2D eigenvalue weighted by atomic mass is 10.1. The average molecular weight is 269 g/mol. The first-order chi connectivity index (χ1) is 9.20. The molecule has 2 saturated heterocycles. The van der Waals surface area contributed by atoms with Gasteiger partial charge in [-0.1, -0.05) is 12.8 Å². The van der Waals surface area contributed by atoms with Gasteiger partial charge in [-0.25, -0.2) is 0 Å². The molecule has 110 valence electrons. The van der Waals surface area contributed by atoms with Crippen molar-refractivity contribution >= 4 is 5.91 Å². The monoisotopic (exact) mass is 269 g/mol. The second kappa shape index (κ2) is 7.22. The maximum Gasteiger partial charge on any atom is 0.237 e. The van der Waals surface area contributed by atoms with E-state index in [-0.39, 0.29) is 18.6 Å². The molecule has 1 unspecified atom stereocenters. The van der Waals surface area contributed by atoms with Gasteiger partial charge in [0.25, 0.3) is 0 Å². The van der Waals surface area contributed by atoms with Gasteiger partial charge < -0.3 is 15.7 Å². The van der Waals surface area contributed by atoms with Crippen LogP contribution in [0.2, 0.25) is 0 Å². The summed E-state index contributed by atoms with van der Waals surface area (Å²) >= 11 is 0. The molecule has 2 aliphatic heterocycles. The predicted molar refractivity (Wildman–Crippen MR) is 74.7 cm³/mol. The molecule has 2 aliphatic rings. The molecule has 0 saturated carbocycles. The first-order valence-electron chi connectivity index (χ1n) is 7.59. The Hall–Kier alpha value is -0.650. The molecule has 1 atom stereocenters. The topological polar surface area (TPSA) is 69.8 Å². The van der Waals surface area contributed by atoms with Gasteiger partial charge in [0.05, 0.1) is 19.2 Å². The summed E-state index contributed by atoms with van der Waals surface area (Å²) in [5.74, 6) is 0.177. The molecule has 5 heteroatoms. The van der Waals surface area contributed by atoms with Crippen LogP contribution in [0.25, 0.3) is 0 Å². The second-order valence-electron chi connectivity index (χ2n) is 5.89. The minimum Gasteiger partial charge on any atom is -0.394 e. The zero-order chi connectivity index (χ0) is 13.7. The van der Waals surface area contributed by atoms with E-state index in [1.807, 2.05) is 4.90 Å². The summed E-state index contributed by atoms with van der Waals surface area (Å²) in [5, 5.41) is 9.45. The van der Waals surface area contributed by atoms with Crippen molar-refractivity contribution < 1.29 is 9.90 Å². The Morgan fingerprint density at radius 3 is 2.53 bits per heavy atom. The van der Waals surface area contributed by atoms with Crippen LogP contribution >= 0.6 is 0 Å². The van der Waals surface area contributed by atoms with Crippen molar-refractivity contribution in [3.05, 3.63) is 0 Å². The minimum atomic E-state index is 0.0297. The number of piperidine rings is 1. The van der Waals surface area contributed by atoms with E-state index in [1.54, 1.807) is 0 Å². The third kappa shape index (κ3) is 4.16. The van der Waals surface area contributed by atoms with Crippen LogP contribution in [-0.2, 0) is 4.79 Å². The molecule has 0 aliphatic carbocycles. The Kier molecular flexibility index (Phi) is 5.60. The number of nitrogens with zero attached hydrogens (tertiary/aromatic N) is 2. The fourth-order valence-electron chi connectivity index (χ4n) is 3.09. The molecule has 0 radical (unpaired) electrons. The Bertz CT molecular complexity index is 290. The predicted octanol–water partition coefficient (Wildman–Crippen LogP) is 0.173. The number of hydrogen-bond donors (Lipinski definition) is 2. The zero-order valence-corrected chi connectivity index (χ0v) is 11.8. The molecule has 2 rings (SSSR count). The minimum absolute atomic E-state index is 0.0297. The standard InChI is InChI=1S/C14H27N3O2/c15-12-5-8-16(9-6-12)10-14(19)17-7-3-1-2-4-13(17)11-18/h12-13,18H,1-11,15H2. The number of carbonyl (C=O) groups excluding carboxylic acids is 1. The number of aliphatic hydroxyl groups excluding tert-OH is 1. The van der Waals surface area contributed by atoms with Gasteiger partial charge in [-0.05, 0) is 25.7 Å². The van der Waals surface area contributed by atoms with Gasteiger partial charge in [-0.15, -0.1) is 0 Å². The van der Waals surface area contributed by atoms with Crippen molar-refractivity contribution in [2.24, 2.45) is 5.73 Å². The van der Waals surface area contributed by atoms with Gasteiger partial charge in [0.1, 0.15) is 0 Å². The number of likely N-dealkylation sites (tertiary alicyclic amines) is 2. The fourth-order valence-corrected chi connectivity index (χ4v) is 3.09. The highest BCUT2D eigenvalue weighted by Crippen LogP contribution is 2.17. The summed E-state index contributed by atoms with van der Waals surface area (Å²) in [6.45, 7) is 3.23. The first-order valence-corrected chi connectivity index (χ1v) is 7.59. The van der Waals surface area contributed by atoms with Crippen LogP contribution in [-0.4, -0.2) is 65.7 Å². The van der Waals surface area contributed by atoms with Gasteiger partial charge in [-0.2, -0.15) is 0 Å². The van der Waals surface area contributed by atoms with E-state index < -0.39 is 0 Å². The number of rotatable bonds is 3. The SMILES string of the molecule is NC1CCN(CC(=O)N2CCCCCC2CO)CC1. The summed E-state index contributed by atoms with van der Waals surface area (Å²) in [6.07, 6.45) is 6.25. The summed E-state index contributed by atoms with van der Waals surface area (Å²) in [4.78, 5) is 16.5. The summed E-state index contributed by atoms with van der Waals surface area (Å²) in [6, 6.07) is 0.330. The van der Waals surface area contributed by atoms with Crippen LogP contribution in [0, 0.1) is 0 Å². The van der Waals surface area contributed by atoms with Crippen molar-refractivity contribution in [3.63, 3.8) is 0 Å². The van der Waals surface area contributed by atoms with E-state index in [2.05, 4.69) is 4.90 Å². The first kappa shape index (κ1) is 14.8. The quantitative estimate of drug-likeness (QED) is 0.766. The molecule has 0 aromatic rings. The Balaban J connectivity index is 1.86. The maximum absolute atomic E-state index is 12.4. The lowest BCUT2D eigenvalue weighted by Crippen LogP contribution is -2.49. The van der Waals surface area contributed by atoms with Crippen molar-refractivity contribution in [2.45, 2.75) is 50.6 Å². The van der Waals surface area contributed by atoms with Gasteiger partial charge in [0.15, 0.2) is 0 Å². The number of aliphatic hydroxyl groups is 1. The molecule has 1 amide bonds. The molecule has 0 aromatic carbocycles. The highest BCUT2D eigenvalue weighted by atomic mass is 16.3. The number of amides is 1. The fraction of sp³-hybridized carbons (Fsp3) is 0.929. The smallest absolute Gasteiger partial charge is 0.237 e. The van der Waals surface area contributed by atoms with Gasteiger partial charge in [0, 0.05) is 25.7 Å². The molecule has 3 N–H and O–H groups in total. The third-order valence-corrected chi connectivity index (χ3v) is 4.40. The molecular weight excluding hydrogens is 242 g/mol. The van der Waals surface area contributed by atoms with E-state index in [9.17, 15) is 9.90 Å². The molecule has 5 nitrogen and oxygen atoms in total. The van der Waals surface area contributed by atoms with Crippen LogP contribution in [0.1, 0.15) is 38.5 Å². The van der Waals surface area contributed by atoms with E-state index in [0.29, 0.717) is 12.6 Å².